The zero-order valence-electron chi connectivity index (χ0n) is 15.7. The molecule has 0 saturated heterocycles. The Bertz CT molecular complexity index is 817. The maximum Gasteiger partial charge on any atom is 0.238 e. The van der Waals surface area contributed by atoms with Gasteiger partial charge in [-0.1, -0.05) is 58.0 Å². The number of amides is 1. The minimum atomic E-state index is -3.75. The largest absolute Gasteiger partial charge is 0.341 e. The van der Waals surface area contributed by atoms with Crippen LogP contribution < -0.4 is 0 Å². The predicted octanol–water partition coefficient (Wildman–Crippen LogP) is 3.72. The molecule has 1 aromatic carbocycles. The average molecular weight is 395 g/mol. The number of rotatable bonds is 8. The summed E-state index contributed by atoms with van der Waals surface area (Å²) in [6.45, 7) is 9.17. The van der Waals surface area contributed by atoms with Crippen molar-refractivity contribution in [3.8, 4) is 11.3 Å². The average Bonchev–Trinajstić information content (AvgIpc) is 3.04. The molecule has 0 aliphatic heterocycles. The molecule has 0 atom stereocenters. The molecule has 0 saturated carbocycles. The van der Waals surface area contributed by atoms with Crippen molar-refractivity contribution in [2.45, 2.75) is 32.0 Å². The molecule has 2 rings (SSSR count). The van der Waals surface area contributed by atoms with Gasteiger partial charge in [0.2, 0.25) is 20.1 Å². The summed E-state index contributed by atoms with van der Waals surface area (Å²) in [5.41, 5.74) is 1.47. The summed E-state index contributed by atoms with van der Waals surface area (Å²) < 4.78 is 25.3. The molecular weight excluding hydrogens is 368 g/mol. The maximum atomic E-state index is 12.7. The van der Waals surface area contributed by atoms with Gasteiger partial charge in [-0.2, -0.15) is 0 Å². The number of hydrogen-bond donors (Lipinski definition) is 0. The lowest BCUT2D eigenvalue weighted by molar-refractivity contribution is -0.129. The predicted molar refractivity (Wildman–Crippen MR) is 106 cm³/mol. The molecule has 0 spiro atoms. The zero-order valence-corrected chi connectivity index (χ0v) is 17.3. The summed E-state index contributed by atoms with van der Waals surface area (Å²) in [4.78, 5) is 18.5. The lowest BCUT2D eigenvalue weighted by Gasteiger charge is -2.26. The van der Waals surface area contributed by atoms with E-state index in [4.69, 9.17) is 0 Å². The topological polar surface area (TPSA) is 67.3 Å². The molecular formula is C19H26N2O3S2. The molecule has 2 aromatic rings. The molecule has 0 fully saturated rings. The highest BCUT2D eigenvalue weighted by molar-refractivity contribution is 7.94. The van der Waals surface area contributed by atoms with Crippen LogP contribution in [0.15, 0.2) is 40.1 Å². The monoisotopic (exact) mass is 394 g/mol. The lowest BCUT2D eigenvalue weighted by atomic mass is 10.1. The number of benzene rings is 1. The third-order valence-corrected chi connectivity index (χ3v) is 6.59. The van der Waals surface area contributed by atoms with E-state index in [2.05, 4.69) is 4.98 Å². The van der Waals surface area contributed by atoms with Crippen molar-refractivity contribution < 1.29 is 13.2 Å². The molecule has 26 heavy (non-hydrogen) atoms. The fourth-order valence-electron chi connectivity index (χ4n) is 2.62. The number of aromatic nitrogens is 1. The standard InChI is InChI=1S/C19H26N2O3S2/c1-14(2)10-21(11-15(3)4)18(22)13-26(23,24)19-20-17(12-25-19)16-8-6-5-7-9-16/h5-9,12,14-15H,10-11,13H2,1-4H3. The molecule has 1 aromatic heterocycles. The van der Waals surface area contributed by atoms with E-state index in [1.807, 2.05) is 58.0 Å². The SMILES string of the molecule is CC(C)CN(CC(C)C)C(=O)CS(=O)(=O)c1nc(-c2ccccc2)cs1. The number of carbonyl (C=O) groups excluding carboxylic acids is 1. The van der Waals surface area contributed by atoms with Gasteiger partial charge in [-0.3, -0.25) is 4.79 Å². The van der Waals surface area contributed by atoms with Crippen LogP contribution >= 0.6 is 11.3 Å². The first-order chi connectivity index (χ1) is 12.2. The fourth-order valence-corrected chi connectivity index (χ4v) is 4.95. The van der Waals surface area contributed by atoms with Crippen molar-refractivity contribution in [1.29, 1.82) is 0 Å². The van der Waals surface area contributed by atoms with Gasteiger partial charge in [-0.05, 0) is 11.8 Å². The highest BCUT2D eigenvalue weighted by atomic mass is 32.2. The summed E-state index contributed by atoms with van der Waals surface area (Å²) in [7, 11) is -3.75. The first kappa shape index (κ1) is 20.6. The van der Waals surface area contributed by atoms with E-state index < -0.39 is 15.6 Å². The number of carbonyl (C=O) groups is 1. The van der Waals surface area contributed by atoms with Gasteiger partial charge in [0.05, 0.1) is 5.69 Å². The summed E-state index contributed by atoms with van der Waals surface area (Å²) in [5, 5.41) is 1.71. The van der Waals surface area contributed by atoms with Crippen molar-refractivity contribution in [2.24, 2.45) is 11.8 Å². The Balaban J connectivity index is 2.16. The van der Waals surface area contributed by atoms with E-state index in [-0.39, 0.29) is 22.1 Å². The normalized spacial score (nSPS) is 11.9. The third kappa shape index (κ3) is 5.64. The minimum absolute atomic E-state index is 0.00116. The van der Waals surface area contributed by atoms with Crippen LogP contribution in [0.5, 0.6) is 0 Å². The molecule has 0 aliphatic carbocycles. The summed E-state index contributed by atoms with van der Waals surface area (Å²) in [6.07, 6.45) is 0. The molecule has 0 unspecified atom stereocenters. The van der Waals surface area contributed by atoms with Crippen LogP contribution in [0.2, 0.25) is 0 Å². The smallest absolute Gasteiger partial charge is 0.238 e. The van der Waals surface area contributed by atoms with E-state index in [0.29, 0.717) is 18.8 Å². The van der Waals surface area contributed by atoms with Crippen LogP contribution in [0.25, 0.3) is 11.3 Å². The molecule has 0 bridgehead atoms. The van der Waals surface area contributed by atoms with Crippen molar-refractivity contribution in [2.75, 3.05) is 18.8 Å². The summed E-state index contributed by atoms with van der Waals surface area (Å²) in [6, 6.07) is 9.40. The first-order valence-corrected chi connectivity index (χ1v) is 11.2. The van der Waals surface area contributed by atoms with Gasteiger partial charge in [0.1, 0.15) is 5.75 Å². The van der Waals surface area contributed by atoms with Crippen molar-refractivity contribution in [3.63, 3.8) is 0 Å². The fraction of sp³-hybridized carbons (Fsp3) is 0.474. The summed E-state index contributed by atoms with van der Waals surface area (Å²) in [5.74, 6) is -0.326. The van der Waals surface area contributed by atoms with Crippen LogP contribution in [0.3, 0.4) is 0 Å². The molecule has 1 heterocycles. The highest BCUT2D eigenvalue weighted by Gasteiger charge is 2.27. The van der Waals surface area contributed by atoms with Crippen LogP contribution in [0.4, 0.5) is 0 Å². The van der Waals surface area contributed by atoms with Crippen LogP contribution in [0.1, 0.15) is 27.7 Å². The number of nitrogens with zero attached hydrogens (tertiary/aromatic N) is 2. The van der Waals surface area contributed by atoms with Crippen LogP contribution in [-0.4, -0.2) is 43.1 Å². The molecule has 1 amide bonds. The van der Waals surface area contributed by atoms with E-state index in [0.717, 1.165) is 16.9 Å². The van der Waals surface area contributed by atoms with Crippen molar-refractivity contribution in [1.82, 2.24) is 9.88 Å². The lowest BCUT2D eigenvalue weighted by Crippen LogP contribution is -2.40. The van der Waals surface area contributed by atoms with E-state index in [1.165, 1.54) is 0 Å². The van der Waals surface area contributed by atoms with Gasteiger partial charge < -0.3 is 4.90 Å². The third-order valence-electron chi connectivity index (χ3n) is 3.66. The molecule has 142 valence electrons. The maximum absolute atomic E-state index is 12.7. The van der Waals surface area contributed by atoms with Crippen LogP contribution in [0, 0.1) is 11.8 Å². The highest BCUT2D eigenvalue weighted by Crippen LogP contribution is 2.25. The number of hydrogen-bond acceptors (Lipinski definition) is 5. The number of thiazole rings is 1. The summed E-state index contributed by atoms with van der Waals surface area (Å²) >= 11 is 1.06. The second-order valence-electron chi connectivity index (χ2n) is 7.21. The Hall–Kier alpha value is -1.73. The molecule has 7 heteroatoms. The van der Waals surface area contributed by atoms with E-state index in [1.54, 1.807) is 10.3 Å². The van der Waals surface area contributed by atoms with E-state index in [9.17, 15) is 13.2 Å². The Labute approximate surface area is 160 Å². The Morgan fingerprint density at radius 1 is 1.08 bits per heavy atom. The van der Waals surface area contributed by atoms with Gasteiger partial charge in [-0.15, -0.1) is 11.3 Å². The van der Waals surface area contributed by atoms with Crippen molar-refractivity contribution in [3.05, 3.63) is 35.7 Å². The Morgan fingerprint density at radius 3 is 2.19 bits per heavy atom. The van der Waals surface area contributed by atoms with Gasteiger partial charge in [0.25, 0.3) is 0 Å². The minimum Gasteiger partial charge on any atom is -0.341 e. The molecule has 0 aliphatic rings. The van der Waals surface area contributed by atoms with Gasteiger partial charge >= 0.3 is 0 Å². The first-order valence-electron chi connectivity index (χ1n) is 8.70. The van der Waals surface area contributed by atoms with Gasteiger partial charge in [0, 0.05) is 24.0 Å². The van der Waals surface area contributed by atoms with Crippen LogP contribution in [-0.2, 0) is 14.6 Å². The Kier molecular flexibility index (Phi) is 6.94. The molecule has 5 nitrogen and oxygen atoms in total. The molecule has 0 N–H and O–H groups in total. The van der Waals surface area contributed by atoms with Gasteiger partial charge in [0.15, 0.2) is 0 Å². The van der Waals surface area contributed by atoms with E-state index >= 15 is 0 Å². The second kappa shape index (κ2) is 8.77. The molecule has 0 radical (unpaired) electrons. The van der Waals surface area contributed by atoms with Gasteiger partial charge in [-0.25, -0.2) is 13.4 Å². The zero-order chi connectivity index (χ0) is 19.3. The number of sulfone groups is 1. The Morgan fingerprint density at radius 2 is 1.65 bits per heavy atom. The van der Waals surface area contributed by atoms with Crippen molar-refractivity contribution >= 4 is 27.1 Å². The second-order valence-corrected chi connectivity index (χ2v) is 10.2. The quantitative estimate of drug-likeness (QED) is 0.684.